The minimum absolute atomic E-state index is 0.135. The number of nitrogens with zero attached hydrogens (tertiary/aromatic N) is 5. The maximum absolute atomic E-state index is 12.7. The topological polar surface area (TPSA) is 94.2 Å². The maximum Gasteiger partial charge on any atom is 0.227 e. The Kier molecular flexibility index (Phi) is 5.79. The standard InChI is InChI=1S/C21H23N5O3/c1-28-18-5-3-2-4-16(18)13-20(27)26-10-6-15(7-11-26)12-19-24-21(25-29-19)17-14-22-8-9-23-17/h2-5,8-9,14-15H,6-7,10-13H2,1H3. The first-order valence-electron chi connectivity index (χ1n) is 9.71. The van der Waals surface area contributed by atoms with Gasteiger partial charge in [0.2, 0.25) is 17.6 Å². The fourth-order valence-electron chi connectivity index (χ4n) is 3.61. The molecule has 29 heavy (non-hydrogen) atoms. The molecule has 4 rings (SSSR count). The van der Waals surface area contributed by atoms with E-state index >= 15 is 0 Å². The van der Waals surface area contributed by atoms with Gasteiger partial charge in [-0.25, -0.2) is 4.98 Å². The summed E-state index contributed by atoms with van der Waals surface area (Å²) in [6.07, 6.45) is 7.72. The first-order valence-corrected chi connectivity index (χ1v) is 9.71. The number of rotatable bonds is 6. The highest BCUT2D eigenvalue weighted by Gasteiger charge is 2.25. The minimum atomic E-state index is 0.135. The lowest BCUT2D eigenvalue weighted by molar-refractivity contribution is -0.131. The van der Waals surface area contributed by atoms with Crippen molar-refractivity contribution < 1.29 is 14.1 Å². The molecule has 1 aromatic carbocycles. The van der Waals surface area contributed by atoms with Crippen LogP contribution in [0.4, 0.5) is 0 Å². The van der Waals surface area contributed by atoms with Crippen molar-refractivity contribution in [2.75, 3.05) is 20.2 Å². The third-order valence-electron chi connectivity index (χ3n) is 5.23. The molecule has 1 aliphatic rings. The van der Waals surface area contributed by atoms with Gasteiger partial charge < -0.3 is 14.2 Å². The predicted octanol–water partition coefficient (Wildman–Crippen LogP) is 2.56. The van der Waals surface area contributed by atoms with Gasteiger partial charge in [0, 0.05) is 37.5 Å². The van der Waals surface area contributed by atoms with Crippen LogP contribution >= 0.6 is 0 Å². The third kappa shape index (κ3) is 4.59. The highest BCUT2D eigenvalue weighted by molar-refractivity contribution is 5.79. The maximum atomic E-state index is 12.7. The predicted molar refractivity (Wildman–Crippen MR) is 105 cm³/mol. The quantitative estimate of drug-likeness (QED) is 0.635. The Labute approximate surface area is 168 Å². The van der Waals surface area contributed by atoms with E-state index in [9.17, 15) is 4.79 Å². The number of para-hydroxylation sites is 1. The number of likely N-dealkylation sites (tertiary alicyclic amines) is 1. The van der Waals surface area contributed by atoms with Crippen molar-refractivity contribution >= 4 is 5.91 Å². The van der Waals surface area contributed by atoms with Crippen molar-refractivity contribution in [1.29, 1.82) is 0 Å². The van der Waals surface area contributed by atoms with Crippen LogP contribution in [0.3, 0.4) is 0 Å². The fourth-order valence-corrected chi connectivity index (χ4v) is 3.61. The van der Waals surface area contributed by atoms with E-state index in [0.717, 1.165) is 37.2 Å². The monoisotopic (exact) mass is 393 g/mol. The Bertz CT molecular complexity index is 952. The minimum Gasteiger partial charge on any atom is -0.496 e. The van der Waals surface area contributed by atoms with E-state index in [1.165, 1.54) is 0 Å². The summed E-state index contributed by atoms with van der Waals surface area (Å²) in [5.41, 5.74) is 1.52. The molecule has 1 saturated heterocycles. The van der Waals surface area contributed by atoms with Gasteiger partial charge in [0.25, 0.3) is 0 Å². The zero-order valence-electron chi connectivity index (χ0n) is 16.3. The Hall–Kier alpha value is -3.29. The van der Waals surface area contributed by atoms with Crippen LogP contribution in [0, 0.1) is 5.92 Å². The summed E-state index contributed by atoms with van der Waals surface area (Å²) >= 11 is 0. The summed E-state index contributed by atoms with van der Waals surface area (Å²) < 4.78 is 10.7. The largest absolute Gasteiger partial charge is 0.496 e. The van der Waals surface area contributed by atoms with E-state index in [1.54, 1.807) is 25.7 Å². The van der Waals surface area contributed by atoms with Crippen LogP contribution in [-0.2, 0) is 17.6 Å². The van der Waals surface area contributed by atoms with Crippen molar-refractivity contribution in [2.24, 2.45) is 5.92 Å². The first kappa shape index (κ1) is 19.0. The van der Waals surface area contributed by atoms with Gasteiger partial charge in [-0.1, -0.05) is 23.4 Å². The zero-order chi connectivity index (χ0) is 20.1. The van der Waals surface area contributed by atoms with E-state index in [2.05, 4.69) is 20.1 Å². The van der Waals surface area contributed by atoms with E-state index in [-0.39, 0.29) is 5.91 Å². The van der Waals surface area contributed by atoms with Crippen molar-refractivity contribution in [3.05, 3.63) is 54.3 Å². The van der Waals surface area contributed by atoms with E-state index in [1.807, 2.05) is 29.2 Å². The molecule has 1 amide bonds. The highest BCUT2D eigenvalue weighted by atomic mass is 16.5. The van der Waals surface area contributed by atoms with Crippen molar-refractivity contribution in [3.8, 4) is 17.3 Å². The summed E-state index contributed by atoms with van der Waals surface area (Å²) in [6, 6.07) is 7.66. The molecule has 3 heterocycles. The molecule has 0 bridgehead atoms. The number of amides is 1. The molecule has 1 aliphatic heterocycles. The Morgan fingerprint density at radius 2 is 2.07 bits per heavy atom. The summed E-state index contributed by atoms with van der Waals surface area (Å²) in [4.78, 5) is 27.2. The smallest absolute Gasteiger partial charge is 0.227 e. The van der Waals surface area contributed by atoms with Gasteiger partial charge in [-0.05, 0) is 24.8 Å². The second-order valence-electron chi connectivity index (χ2n) is 7.12. The SMILES string of the molecule is COc1ccccc1CC(=O)N1CCC(Cc2nc(-c3cnccn3)no2)CC1. The molecular formula is C21H23N5O3. The number of hydrogen-bond acceptors (Lipinski definition) is 7. The summed E-state index contributed by atoms with van der Waals surface area (Å²) in [5, 5.41) is 3.99. The lowest BCUT2D eigenvalue weighted by Gasteiger charge is -2.31. The second-order valence-corrected chi connectivity index (χ2v) is 7.12. The van der Waals surface area contributed by atoms with Crippen molar-refractivity contribution in [1.82, 2.24) is 25.0 Å². The number of piperidine rings is 1. The van der Waals surface area contributed by atoms with Crippen molar-refractivity contribution in [3.63, 3.8) is 0 Å². The highest BCUT2D eigenvalue weighted by Crippen LogP contribution is 2.24. The molecule has 150 valence electrons. The molecule has 0 unspecified atom stereocenters. The number of methoxy groups -OCH3 is 1. The van der Waals surface area contributed by atoms with Crippen LogP contribution in [0.5, 0.6) is 5.75 Å². The number of aromatic nitrogens is 4. The van der Waals surface area contributed by atoms with Gasteiger partial charge >= 0.3 is 0 Å². The Morgan fingerprint density at radius 1 is 1.24 bits per heavy atom. The van der Waals surface area contributed by atoms with Crippen LogP contribution < -0.4 is 4.74 Å². The van der Waals surface area contributed by atoms with Gasteiger partial charge in [-0.15, -0.1) is 0 Å². The third-order valence-corrected chi connectivity index (χ3v) is 5.23. The lowest BCUT2D eigenvalue weighted by Crippen LogP contribution is -2.39. The zero-order valence-corrected chi connectivity index (χ0v) is 16.3. The summed E-state index contributed by atoms with van der Waals surface area (Å²) in [6.45, 7) is 1.48. The van der Waals surface area contributed by atoms with Crippen LogP contribution in [0.1, 0.15) is 24.3 Å². The van der Waals surface area contributed by atoms with Gasteiger partial charge in [0.05, 0.1) is 19.7 Å². The molecule has 8 heteroatoms. The van der Waals surface area contributed by atoms with Crippen LogP contribution in [-0.4, -0.2) is 51.1 Å². The summed E-state index contributed by atoms with van der Waals surface area (Å²) in [7, 11) is 1.63. The van der Waals surface area contributed by atoms with Crippen molar-refractivity contribution in [2.45, 2.75) is 25.7 Å². The van der Waals surface area contributed by atoms with Crippen LogP contribution in [0.15, 0.2) is 47.4 Å². The number of carbonyl (C=O) groups is 1. The van der Waals surface area contributed by atoms with E-state index in [4.69, 9.17) is 9.26 Å². The van der Waals surface area contributed by atoms with Gasteiger partial charge in [0.1, 0.15) is 11.4 Å². The van der Waals surface area contributed by atoms with Gasteiger partial charge in [-0.2, -0.15) is 4.98 Å². The van der Waals surface area contributed by atoms with E-state index < -0.39 is 0 Å². The normalized spacial score (nSPS) is 14.7. The molecule has 0 saturated carbocycles. The first-order chi connectivity index (χ1) is 14.2. The number of hydrogen-bond donors (Lipinski definition) is 0. The lowest BCUT2D eigenvalue weighted by atomic mass is 9.93. The molecule has 0 spiro atoms. The number of carbonyl (C=O) groups excluding carboxylic acids is 1. The Balaban J connectivity index is 1.29. The molecule has 0 radical (unpaired) electrons. The Morgan fingerprint density at radius 3 is 2.83 bits per heavy atom. The molecule has 8 nitrogen and oxygen atoms in total. The number of benzene rings is 1. The number of ether oxygens (including phenoxy) is 1. The average molecular weight is 393 g/mol. The second kappa shape index (κ2) is 8.81. The van der Waals surface area contributed by atoms with Crippen LogP contribution in [0.2, 0.25) is 0 Å². The molecule has 0 aliphatic carbocycles. The fraction of sp³-hybridized carbons (Fsp3) is 0.381. The van der Waals surface area contributed by atoms with Crippen LogP contribution in [0.25, 0.3) is 11.5 Å². The molecule has 2 aromatic heterocycles. The molecule has 1 fully saturated rings. The van der Waals surface area contributed by atoms with Gasteiger partial charge in [-0.3, -0.25) is 9.78 Å². The van der Waals surface area contributed by atoms with E-state index in [0.29, 0.717) is 36.2 Å². The molecular weight excluding hydrogens is 370 g/mol. The molecule has 0 atom stereocenters. The molecule has 0 N–H and O–H groups in total. The summed E-state index contributed by atoms with van der Waals surface area (Å²) in [5.74, 6) is 2.36. The average Bonchev–Trinajstić information content (AvgIpc) is 3.24. The van der Waals surface area contributed by atoms with Gasteiger partial charge in [0.15, 0.2) is 0 Å². The molecule has 3 aromatic rings.